The molecule has 4 N–H and O–H groups in total. The molecule has 1 aromatic heterocycles. The molecule has 0 saturated heterocycles. The van der Waals surface area contributed by atoms with Gasteiger partial charge in [0.05, 0.1) is 6.20 Å². The van der Waals surface area contributed by atoms with Crippen molar-refractivity contribution in [2.75, 3.05) is 16.4 Å². The smallest absolute Gasteiger partial charge is 0.323 e. The van der Waals surface area contributed by atoms with E-state index in [-0.39, 0.29) is 6.03 Å². The number of amides is 2. The number of hydrogen-bond acceptors (Lipinski definition) is 4. The van der Waals surface area contributed by atoms with Crippen molar-refractivity contribution < 1.29 is 9.53 Å². The predicted octanol–water partition coefficient (Wildman–Crippen LogP) is 4.75. The van der Waals surface area contributed by atoms with Gasteiger partial charge < -0.3 is 21.1 Å². The fraction of sp³-hybridized carbons (Fsp3) is 0. The van der Waals surface area contributed by atoms with Gasteiger partial charge in [0, 0.05) is 22.5 Å². The molecule has 0 bridgehead atoms. The minimum absolute atomic E-state index is 0.381. The van der Waals surface area contributed by atoms with E-state index in [2.05, 4.69) is 15.6 Å². The number of rotatable bonds is 4. The number of nitrogens with one attached hydrogen (secondary N) is 2. The zero-order valence-corrected chi connectivity index (χ0v) is 13.8. The van der Waals surface area contributed by atoms with Crippen molar-refractivity contribution in [3.8, 4) is 11.5 Å². The molecule has 0 saturated carbocycles. The summed E-state index contributed by atoms with van der Waals surface area (Å²) in [4.78, 5) is 16.0. The van der Waals surface area contributed by atoms with Crippen molar-refractivity contribution in [2.45, 2.75) is 0 Å². The van der Waals surface area contributed by atoms with Gasteiger partial charge >= 0.3 is 6.03 Å². The van der Waals surface area contributed by atoms with Crippen LogP contribution < -0.4 is 21.1 Å². The number of nitrogen functional groups attached to an aromatic ring is 1. The van der Waals surface area contributed by atoms with Crippen molar-refractivity contribution in [1.82, 2.24) is 4.98 Å². The van der Waals surface area contributed by atoms with E-state index in [1.807, 2.05) is 0 Å². The minimum atomic E-state index is -0.381. The Morgan fingerprint density at radius 3 is 2.36 bits per heavy atom. The molecule has 126 valence electrons. The highest BCUT2D eigenvalue weighted by Crippen LogP contribution is 2.24. The summed E-state index contributed by atoms with van der Waals surface area (Å²) in [5.41, 5.74) is 6.73. The van der Waals surface area contributed by atoms with Gasteiger partial charge in [0.15, 0.2) is 0 Å². The highest BCUT2D eigenvalue weighted by molar-refractivity contribution is 6.30. The predicted molar refractivity (Wildman–Crippen MR) is 99.3 cm³/mol. The second-order valence-electron chi connectivity index (χ2n) is 5.14. The maximum Gasteiger partial charge on any atom is 0.323 e. The molecule has 3 rings (SSSR count). The van der Waals surface area contributed by atoms with Crippen molar-refractivity contribution in [3.05, 3.63) is 71.9 Å². The zero-order valence-electron chi connectivity index (χ0n) is 13.1. The van der Waals surface area contributed by atoms with Crippen LogP contribution in [0, 0.1) is 0 Å². The number of urea groups is 1. The first-order chi connectivity index (χ1) is 12.1. The van der Waals surface area contributed by atoms with Gasteiger partial charge in [0.2, 0.25) is 0 Å². The van der Waals surface area contributed by atoms with Gasteiger partial charge in [-0.05, 0) is 42.5 Å². The molecule has 0 aliphatic rings. The quantitative estimate of drug-likeness (QED) is 0.630. The van der Waals surface area contributed by atoms with Crippen LogP contribution in [0.1, 0.15) is 0 Å². The van der Waals surface area contributed by atoms with Gasteiger partial charge in [-0.15, -0.1) is 0 Å². The van der Waals surface area contributed by atoms with E-state index in [1.165, 1.54) is 6.20 Å². The van der Waals surface area contributed by atoms with E-state index < -0.39 is 0 Å². The number of pyridine rings is 1. The minimum Gasteiger partial charge on any atom is -0.456 e. The summed E-state index contributed by atoms with van der Waals surface area (Å²) in [6.45, 7) is 0. The topological polar surface area (TPSA) is 89.3 Å². The zero-order chi connectivity index (χ0) is 17.6. The molecule has 7 heteroatoms. The Labute approximate surface area is 149 Å². The number of aromatic nitrogens is 1. The van der Waals surface area contributed by atoms with Crippen LogP contribution in [-0.4, -0.2) is 11.0 Å². The van der Waals surface area contributed by atoms with E-state index in [1.54, 1.807) is 60.7 Å². The first-order valence-corrected chi connectivity index (χ1v) is 7.79. The van der Waals surface area contributed by atoms with Crippen molar-refractivity contribution in [2.24, 2.45) is 0 Å². The van der Waals surface area contributed by atoms with Crippen molar-refractivity contribution in [3.63, 3.8) is 0 Å². The largest absolute Gasteiger partial charge is 0.456 e. The van der Waals surface area contributed by atoms with E-state index in [9.17, 15) is 4.79 Å². The van der Waals surface area contributed by atoms with Gasteiger partial charge in [-0.1, -0.05) is 23.7 Å². The van der Waals surface area contributed by atoms with Crippen LogP contribution in [0.25, 0.3) is 0 Å². The second kappa shape index (κ2) is 7.55. The van der Waals surface area contributed by atoms with E-state index in [4.69, 9.17) is 22.1 Å². The Morgan fingerprint density at radius 1 is 0.960 bits per heavy atom. The van der Waals surface area contributed by atoms with Gasteiger partial charge in [-0.25, -0.2) is 9.78 Å². The lowest BCUT2D eigenvalue weighted by Crippen LogP contribution is -2.19. The molecular weight excluding hydrogens is 340 g/mol. The lowest BCUT2D eigenvalue weighted by atomic mass is 10.3. The Kier molecular flexibility index (Phi) is 5.01. The molecule has 2 aromatic carbocycles. The number of halogens is 1. The lowest BCUT2D eigenvalue weighted by molar-refractivity contribution is 0.262. The molecule has 3 aromatic rings. The normalized spacial score (nSPS) is 10.1. The van der Waals surface area contributed by atoms with Crippen LogP contribution in [0.5, 0.6) is 11.5 Å². The summed E-state index contributed by atoms with van der Waals surface area (Å²) in [5, 5.41) is 5.99. The fourth-order valence-corrected chi connectivity index (χ4v) is 2.28. The molecule has 2 amide bonds. The molecule has 0 aliphatic carbocycles. The monoisotopic (exact) mass is 354 g/mol. The number of nitrogens with two attached hydrogens (primary N) is 1. The van der Waals surface area contributed by atoms with Crippen LogP contribution in [0.2, 0.25) is 5.02 Å². The molecule has 0 fully saturated rings. The molecule has 0 unspecified atom stereocenters. The average Bonchev–Trinajstić information content (AvgIpc) is 2.57. The third-order valence-electron chi connectivity index (χ3n) is 3.17. The van der Waals surface area contributed by atoms with Crippen molar-refractivity contribution >= 4 is 34.8 Å². The molecule has 0 spiro atoms. The van der Waals surface area contributed by atoms with Gasteiger partial charge in [0.25, 0.3) is 0 Å². The van der Waals surface area contributed by atoms with Gasteiger partial charge in [-0.2, -0.15) is 0 Å². The molecule has 0 atom stereocenters. The molecule has 25 heavy (non-hydrogen) atoms. The first kappa shape index (κ1) is 16.6. The van der Waals surface area contributed by atoms with Crippen LogP contribution >= 0.6 is 11.6 Å². The molecule has 1 heterocycles. The number of ether oxygens (including phenoxy) is 1. The van der Waals surface area contributed by atoms with Crippen LogP contribution in [0.4, 0.5) is 22.0 Å². The Bertz CT molecular complexity index is 884. The maximum absolute atomic E-state index is 12.1. The number of nitrogens with zero attached hydrogens (tertiary/aromatic N) is 1. The molecular formula is C18H15ClN4O2. The van der Waals surface area contributed by atoms with Crippen LogP contribution in [-0.2, 0) is 0 Å². The van der Waals surface area contributed by atoms with E-state index >= 15 is 0 Å². The summed E-state index contributed by atoms with van der Waals surface area (Å²) < 4.78 is 5.68. The van der Waals surface area contributed by atoms with Crippen LogP contribution in [0.15, 0.2) is 66.9 Å². The highest BCUT2D eigenvalue weighted by atomic mass is 35.5. The van der Waals surface area contributed by atoms with Crippen molar-refractivity contribution in [1.29, 1.82) is 0 Å². The summed E-state index contributed by atoms with van der Waals surface area (Å²) in [6, 6.07) is 16.9. The average molecular weight is 355 g/mol. The number of benzene rings is 2. The first-order valence-electron chi connectivity index (χ1n) is 7.41. The third-order valence-corrected chi connectivity index (χ3v) is 3.40. The summed E-state index contributed by atoms with van der Waals surface area (Å²) in [5.74, 6) is 1.53. The number of carbonyl (C=O) groups excluding carboxylic acids is 1. The van der Waals surface area contributed by atoms with E-state index in [0.29, 0.717) is 33.7 Å². The van der Waals surface area contributed by atoms with Crippen LogP contribution in [0.3, 0.4) is 0 Å². The Hall–Kier alpha value is -3.25. The summed E-state index contributed by atoms with van der Waals surface area (Å²) >= 11 is 5.89. The Balaban J connectivity index is 1.64. The molecule has 0 aliphatic heterocycles. The molecule has 0 radical (unpaired) electrons. The summed E-state index contributed by atoms with van der Waals surface area (Å²) in [6.07, 6.45) is 1.53. The lowest BCUT2D eigenvalue weighted by Gasteiger charge is -2.10. The fourth-order valence-electron chi connectivity index (χ4n) is 2.09. The van der Waals surface area contributed by atoms with Gasteiger partial charge in [-0.3, -0.25) is 0 Å². The maximum atomic E-state index is 12.1. The number of anilines is 3. The number of hydrogen-bond donors (Lipinski definition) is 3. The number of carbonyl (C=O) groups is 1. The summed E-state index contributed by atoms with van der Waals surface area (Å²) in [7, 11) is 0. The standard InChI is InChI=1S/C18H15ClN4O2/c19-12-3-1-4-13(9-12)22-18(24)23-14-5-2-6-15(10-14)25-16-7-8-17(20)21-11-16/h1-11H,(H2,20,21)(H2,22,23,24). The SMILES string of the molecule is Nc1ccc(Oc2cccc(NC(=O)Nc3cccc(Cl)c3)c2)cn1. The van der Waals surface area contributed by atoms with E-state index in [0.717, 1.165) is 0 Å². The highest BCUT2D eigenvalue weighted by Gasteiger charge is 2.05. The third kappa shape index (κ3) is 4.86. The Morgan fingerprint density at radius 2 is 1.68 bits per heavy atom. The molecule has 6 nitrogen and oxygen atoms in total. The second-order valence-corrected chi connectivity index (χ2v) is 5.57. The van der Waals surface area contributed by atoms with Gasteiger partial charge in [0.1, 0.15) is 17.3 Å².